The first kappa shape index (κ1) is 9.81. The number of hydrogen-bond acceptors (Lipinski definition) is 2. The summed E-state index contributed by atoms with van der Waals surface area (Å²) < 4.78 is 21.4. The van der Waals surface area contributed by atoms with Crippen molar-refractivity contribution >= 4 is 19.7 Å². The average molecular weight is 207 g/mol. The highest BCUT2D eigenvalue weighted by molar-refractivity contribution is 8.14. The summed E-state index contributed by atoms with van der Waals surface area (Å²) in [6.45, 7) is 3.52. The Morgan fingerprint density at radius 1 is 1.58 bits per heavy atom. The lowest BCUT2D eigenvalue weighted by Crippen LogP contribution is -2.30. The van der Waals surface area contributed by atoms with Crippen LogP contribution in [-0.4, -0.2) is 13.2 Å². The van der Waals surface area contributed by atoms with E-state index in [1.807, 2.05) is 13.0 Å². The van der Waals surface area contributed by atoms with E-state index in [4.69, 9.17) is 10.7 Å². The molecule has 0 N–H and O–H groups in total. The van der Waals surface area contributed by atoms with Crippen LogP contribution in [0.15, 0.2) is 23.8 Å². The molecular formula is C8H11ClO2S. The van der Waals surface area contributed by atoms with Gasteiger partial charge in [0, 0.05) is 10.7 Å². The van der Waals surface area contributed by atoms with E-state index in [-0.39, 0.29) is 0 Å². The molecule has 0 heterocycles. The molecule has 1 rings (SSSR count). The van der Waals surface area contributed by atoms with Crippen LogP contribution in [-0.2, 0) is 9.05 Å². The smallest absolute Gasteiger partial charge is 0.211 e. The van der Waals surface area contributed by atoms with Gasteiger partial charge in [-0.05, 0) is 20.3 Å². The summed E-state index contributed by atoms with van der Waals surface area (Å²) in [5.41, 5.74) is 1.03. The molecule has 0 spiro atoms. The van der Waals surface area contributed by atoms with Crippen LogP contribution < -0.4 is 0 Å². The maximum Gasteiger partial charge on any atom is 0.241 e. The van der Waals surface area contributed by atoms with Gasteiger partial charge >= 0.3 is 0 Å². The SMILES string of the molecule is CC1=CC=CC(C)(S(=O)(=O)Cl)C1. The van der Waals surface area contributed by atoms with E-state index in [1.165, 1.54) is 0 Å². The number of rotatable bonds is 1. The fraction of sp³-hybridized carbons (Fsp3) is 0.500. The molecule has 0 bridgehead atoms. The molecule has 0 saturated heterocycles. The van der Waals surface area contributed by atoms with Gasteiger partial charge in [-0.1, -0.05) is 23.8 Å². The van der Waals surface area contributed by atoms with Gasteiger partial charge < -0.3 is 0 Å². The molecule has 68 valence electrons. The summed E-state index contributed by atoms with van der Waals surface area (Å²) in [4.78, 5) is 0. The van der Waals surface area contributed by atoms with Crippen LogP contribution in [0.2, 0.25) is 0 Å². The van der Waals surface area contributed by atoms with E-state index in [0.717, 1.165) is 5.57 Å². The molecule has 0 radical (unpaired) electrons. The van der Waals surface area contributed by atoms with E-state index < -0.39 is 13.8 Å². The Labute approximate surface area is 77.3 Å². The summed E-state index contributed by atoms with van der Waals surface area (Å²) in [7, 11) is 1.80. The monoisotopic (exact) mass is 206 g/mol. The molecule has 0 amide bonds. The van der Waals surface area contributed by atoms with Crippen molar-refractivity contribution in [3.05, 3.63) is 23.8 Å². The molecule has 0 aromatic rings. The molecule has 0 fully saturated rings. The third kappa shape index (κ3) is 1.72. The van der Waals surface area contributed by atoms with Crippen LogP contribution in [0.3, 0.4) is 0 Å². The Kier molecular flexibility index (Phi) is 2.36. The van der Waals surface area contributed by atoms with Crippen molar-refractivity contribution in [2.24, 2.45) is 0 Å². The van der Waals surface area contributed by atoms with Crippen molar-refractivity contribution in [3.63, 3.8) is 0 Å². The third-order valence-corrected chi connectivity index (χ3v) is 4.47. The van der Waals surface area contributed by atoms with Gasteiger partial charge in [-0.25, -0.2) is 8.42 Å². The van der Waals surface area contributed by atoms with E-state index >= 15 is 0 Å². The third-order valence-electron chi connectivity index (χ3n) is 2.02. The molecule has 2 nitrogen and oxygen atoms in total. The van der Waals surface area contributed by atoms with Gasteiger partial charge in [0.25, 0.3) is 0 Å². The van der Waals surface area contributed by atoms with Crippen molar-refractivity contribution in [2.75, 3.05) is 0 Å². The molecule has 1 unspecified atom stereocenters. The van der Waals surface area contributed by atoms with Gasteiger partial charge in [0.05, 0.1) is 0 Å². The summed E-state index contributed by atoms with van der Waals surface area (Å²) >= 11 is 0. The van der Waals surface area contributed by atoms with Crippen LogP contribution in [0, 0.1) is 0 Å². The van der Waals surface area contributed by atoms with E-state index in [1.54, 1.807) is 19.1 Å². The number of allylic oxidation sites excluding steroid dienone is 3. The molecule has 0 aliphatic heterocycles. The first-order valence-electron chi connectivity index (χ1n) is 3.64. The fourth-order valence-electron chi connectivity index (χ4n) is 1.25. The Bertz CT molecular complexity index is 340. The van der Waals surface area contributed by atoms with Gasteiger partial charge in [0.2, 0.25) is 9.05 Å². The zero-order valence-corrected chi connectivity index (χ0v) is 8.61. The fourth-order valence-corrected chi connectivity index (χ4v) is 2.21. The highest BCUT2D eigenvalue weighted by Crippen LogP contribution is 2.32. The predicted molar refractivity (Wildman–Crippen MR) is 50.7 cm³/mol. The first-order chi connectivity index (χ1) is 5.35. The average Bonchev–Trinajstić information content (AvgIpc) is 1.83. The van der Waals surface area contributed by atoms with Crippen molar-refractivity contribution in [1.29, 1.82) is 0 Å². The van der Waals surface area contributed by atoms with Crippen LogP contribution in [0.1, 0.15) is 20.3 Å². The molecular weight excluding hydrogens is 196 g/mol. The second-order valence-corrected chi connectivity index (χ2v) is 6.33. The zero-order chi connectivity index (χ0) is 9.41. The minimum atomic E-state index is -3.51. The highest BCUT2D eigenvalue weighted by atomic mass is 35.7. The summed E-state index contributed by atoms with van der Waals surface area (Å²) in [6.07, 6.45) is 5.74. The van der Waals surface area contributed by atoms with Crippen LogP contribution >= 0.6 is 10.7 Å². The molecule has 1 atom stereocenters. The van der Waals surface area contributed by atoms with Gasteiger partial charge in [0.1, 0.15) is 4.75 Å². The zero-order valence-electron chi connectivity index (χ0n) is 7.04. The van der Waals surface area contributed by atoms with Crippen molar-refractivity contribution in [3.8, 4) is 0 Å². The lowest BCUT2D eigenvalue weighted by Gasteiger charge is -2.24. The Morgan fingerprint density at radius 3 is 2.50 bits per heavy atom. The predicted octanol–water partition coefficient (Wildman–Crippen LogP) is 2.22. The maximum absolute atomic E-state index is 11.1. The molecule has 0 aromatic heterocycles. The van der Waals surface area contributed by atoms with Gasteiger partial charge in [-0.3, -0.25) is 0 Å². The molecule has 1 aliphatic carbocycles. The summed E-state index contributed by atoms with van der Waals surface area (Å²) in [6, 6.07) is 0. The first-order valence-corrected chi connectivity index (χ1v) is 5.95. The lowest BCUT2D eigenvalue weighted by molar-refractivity contribution is 0.574. The van der Waals surface area contributed by atoms with Gasteiger partial charge in [-0.15, -0.1) is 0 Å². The van der Waals surface area contributed by atoms with Crippen molar-refractivity contribution < 1.29 is 8.42 Å². The van der Waals surface area contributed by atoms with E-state index in [0.29, 0.717) is 6.42 Å². The quantitative estimate of drug-likeness (QED) is 0.617. The minimum absolute atomic E-state index is 0.481. The highest BCUT2D eigenvalue weighted by Gasteiger charge is 2.36. The molecule has 1 aliphatic rings. The van der Waals surface area contributed by atoms with Crippen LogP contribution in [0.4, 0.5) is 0 Å². The summed E-state index contributed by atoms with van der Waals surface area (Å²) in [5.74, 6) is 0. The minimum Gasteiger partial charge on any atom is -0.211 e. The van der Waals surface area contributed by atoms with Crippen molar-refractivity contribution in [1.82, 2.24) is 0 Å². The Balaban J connectivity index is 3.07. The molecule has 4 heteroatoms. The van der Waals surface area contributed by atoms with Crippen molar-refractivity contribution in [2.45, 2.75) is 25.0 Å². The van der Waals surface area contributed by atoms with Crippen LogP contribution in [0.5, 0.6) is 0 Å². The second-order valence-electron chi connectivity index (χ2n) is 3.30. The molecule has 0 aromatic carbocycles. The van der Waals surface area contributed by atoms with E-state index in [9.17, 15) is 8.42 Å². The normalized spacial score (nSPS) is 30.1. The Morgan fingerprint density at radius 2 is 2.17 bits per heavy atom. The second kappa shape index (κ2) is 2.89. The van der Waals surface area contributed by atoms with Gasteiger partial charge in [0.15, 0.2) is 0 Å². The standard InChI is InChI=1S/C8H11ClO2S/c1-7-4-3-5-8(2,6-7)12(9,10)11/h3-5H,6H2,1-2H3. The topological polar surface area (TPSA) is 34.1 Å². The summed E-state index contributed by atoms with van der Waals surface area (Å²) in [5, 5.41) is 0. The number of hydrogen-bond donors (Lipinski definition) is 0. The molecule has 0 saturated carbocycles. The lowest BCUT2D eigenvalue weighted by atomic mass is 9.96. The van der Waals surface area contributed by atoms with Crippen LogP contribution in [0.25, 0.3) is 0 Å². The largest absolute Gasteiger partial charge is 0.241 e. The molecule has 12 heavy (non-hydrogen) atoms. The van der Waals surface area contributed by atoms with E-state index in [2.05, 4.69) is 0 Å². The Hall–Kier alpha value is -0.280. The number of halogens is 1. The van der Waals surface area contributed by atoms with Gasteiger partial charge in [-0.2, -0.15) is 0 Å². The maximum atomic E-state index is 11.1.